The molecular formula is C20H21N3O4S. The number of fused-ring (bicyclic) bond motifs is 2. The van der Waals surface area contributed by atoms with Gasteiger partial charge in [-0.25, -0.2) is 4.79 Å². The van der Waals surface area contributed by atoms with Crippen molar-refractivity contribution in [3.63, 3.8) is 0 Å². The summed E-state index contributed by atoms with van der Waals surface area (Å²) in [5, 5.41) is 7.53. The number of nitrogens with one attached hydrogen (secondary N) is 2. The Labute approximate surface area is 166 Å². The van der Waals surface area contributed by atoms with Gasteiger partial charge in [0.2, 0.25) is 5.91 Å². The molecule has 1 aromatic carbocycles. The third-order valence-corrected chi connectivity index (χ3v) is 6.08. The van der Waals surface area contributed by atoms with E-state index in [1.807, 2.05) is 24.4 Å². The van der Waals surface area contributed by atoms with Gasteiger partial charge < -0.3 is 15.4 Å². The first-order valence-electron chi connectivity index (χ1n) is 9.28. The Morgan fingerprint density at radius 3 is 2.96 bits per heavy atom. The van der Waals surface area contributed by atoms with Gasteiger partial charge in [-0.2, -0.15) is 0 Å². The molecular weight excluding hydrogens is 378 g/mol. The third-order valence-electron chi connectivity index (χ3n) is 5.10. The molecule has 2 heterocycles. The molecule has 1 fully saturated rings. The summed E-state index contributed by atoms with van der Waals surface area (Å²) in [6.07, 6.45) is 2.28. The maximum Gasteiger partial charge on any atom is 0.325 e. The van der Waals surface area contributed by atoms with Crippen LogP contribution in [-0.4, -0.2) is 35.9 Å². The minimum absolute atomic E-state index is 0.341. The zero-order valence-electron chi connectivity index (χ0n) is 15.5. The van der Waals surface area contributed by atoms with E-state index in [2.05, 4.69) is 10.6 Å². The van der Waals surface area contributed by atoms with E-state index in [-0.39, 0.29) is 12.5 Å². The second-order valence-corrected chi connectivity index (χ2v) is 7.82. The molecule has 0 saturated carbocycles. The molecule has 28 heavy (non-hydrogen) atoms. The van der Waals surface area contributed by atoms with Crippen molar-refractivity contribution in [1.29, 1.82) is 0 Å². The van der Waals surface area contributed by atoms with Gasteiger partial charge in [0.05, 0.1) is 12.3 Å². The van der Waals surface area contributed by atoms with Crippen molar-refractivity contribution in [3.05, 3.63) is 46.2 Å². The fourth-order valence-electron chi connectivity index (χ4n) is 3.87. The topological polar surface area (TPSA) is 87.7 Å². The van der Waals surface area contributed by atoms with Crippen LogP contribution in [0.1, 0.15) is 30.2 Å². The summed E-state index contributed by atoms with van der Waals surface area (Å²) < 4.78 is 5.50. The molecule has 4 amide bonds. The zero-order valence-corrected chi connectivity index (χ0v) is 16.3. The predicted octanol–water partition coefficient (Wildman–Crippen LogP) is 2.87. The first-order valence-corrected chi connectivity index (χ1v) is 10.2. The average Bonchev–Trinajstić information content (AvgIpc) is 3.24. The molecule has 2 aromatic rings. The lowest BCUT2D eigenvalue weighted by molar-refractivity contribution is -0.134. The van der Waals surface area contributed by atoms with Gasteiger partial charge in [-0.05, 0) is 49.8 Å². The molecule has 1 saturated heterocycles. The first-order chi connectivity index (χ1) is 13.5. The highest BCUT2D eigenvalue weighted by Gasteiger charge is 2.54. The van der Waals surface area contributed by atoms with Crippen LogP contribution in [-0.2, 0) is 21.5 Å². The Hall–Kier alpha value is -2.87. The lowest BCUT2D eigenvalue weighted by atomic mass is 9.80. The maximum atomic E-state index is 13.2. The highest BCUT2D eigenvalue weighted by molar-refractivity contribution is 7.10. The summed E-state index contributed by atoms with van der Waals surface area (Å²) in [6.45, 7) is 1.98. The number of benzene rings is 1. The normalized spacial score (nSPS) is 20.8. The number of ether oxygens (including phenoxy) is 1. The number of carbonyl (C=O) groups excluding carboxylic acids is 3. The van der Waals surface area contributed by atoms with Gasteiger partial charge in [0.15, 0.2) is 0 Å². The number of thiophene rings is 1. The fourth-order valence-corrected chi connectivity index (χ4v) is 4.87. The van der Waals surface area contributed by atoms with Crippen LogP contribution in [0, 0.1) is 0 Å². The molecule has 2 N–H and O–H groups in total. The van der Waals surface area contributed by atoms with Gasteiger partial charge in [0, 0.05) is 10.4 Å². The Kier molecular flexibility index (Phi) is 4.80. The molecule has 1 atom stereocenters. The molecule has 0 radical (unpaired) electrons. The number of rotatable bonds is 5. The number of carbonyl (C=O) groups is 3. The Bertz CT molecular complexity index is 941. The van der Waals surface area contributed by atoms with Crippen molar-refractivity contribution >= 4 is 34.9 Å². The van der Waals surface area contributed by atoms with Crippen molar-refractivity contribution in [1.82, 2.24) is 10.2 Å². The number of imide groups is 1. The summed E-state index contributed by atoms with van der Waals surface area (Å²) in [6, 6.07) is 8.43. The highest BCUT2D eigenvalue weighted by atomic mass is 32.1. The lowest BCUT2D eigenvalue weighted by Crippen LogP contribution is -2.46. The van der Waals surface area contributed by atoms with Crippen LogP contribution < -0.4 is 15.4 Å². The maximum absolute atomic E-state index is 13.2. The number of urea groups is 1. The van der Waals surface area contributed by atoms with Crippen molar-refractivity contribution in [2.24, 2.45) is 0 Å². The Morgan fingerprint density at radius 2 is 2.14 bits per heavy atom. The fraction of sp³-hybridized carbons (Fsp3) is 0.350. The molecule has 1 aliphatic heterocycles. The molecule has 7 nitrogen and oxygen atoms in total. The standard InChI is InChI=1S/C20H21N3O4S/c1-2-27-15-7-4-3-6-14(15)21-17(24)12-23-18(25)20(22-19(23)26)10-5-8-16-13(20)9-11-28-16/h3-4,6-7,9,11H,2,5,8,10,12H2,1H3,(H,21,24)(H,22,26)/t20-/m0/s1. The molecule has 1 spiro atoms. The van der Waals surface area contributed by atoms with Crippen LogP contribution in [0.15, 0.2) is 35.7 Å². The average molecular weight is 399 g/mol. The summed E-state index contributed by atoms with van der Waals surface area (Å²) in [7, 11) is 0. The molecule has 1 aromatic heterocycles. The molecule has 4 rings (SSSR count). The predicted molar refractivity (Wildman–Crippen MR) is 105 cm³/mol. The zero-order chi connectivity index (χ0) is 19.7. The molecule has 8 heteroatoms. The number of anilines is 1. The van der Waals surface area contributed by atoms with Crippen molar-refractivity contribution in [3.8, 4) is 5.75 Å². The third kappa shape index (κ3) is 3.03. The van der Waals surface area contributed by atoms with Crippen LogP contribution in [0.2, 0.25) is 0 Å². The molecule has 1 aliphatic carbocycles. The van der Waals surface area contributed by atoms with E-state index in [0.29, 0.717) is 24.5 Å². The van der Waals surface area contributed by atoms with Crippen LogP contribution in [0.3, 0.4) is 0 Å². The van der Waals surface area contributed by atoms with Gasteiger partial charge in [0.1, 0.15) is 17.8 Å². The second kappa shape index (κ2) is 7.27. The van der Waals surface area contributed by atoms with E-state index in [4.69, 9.17) is 4.74 Å². The van der Waals surface area contributed by atoms with Gasteiger partial charge >= 0.3 is 6.03 Å². The van der Waals surface area contributed by atoms with Gasteiger partial charge in [-0.1, -0.05) is 12.1 Å². The van der Waals surface area contributed by atoms with Crippen molar-refractivity contribution < 1.29 is 19.1 Å². The minimum atomic E-state index is -1.03. The summed E-state index contributed by atoms with van der Waals surface area (Å²) in [5.41, 5.74) is 0.342. The van der Waals surface area contributed by atoms with E-state index < -0.39 is 17.5 Å². The first kappa shape index (κ1) is 18.5. The van der Waals surface area contributed by atoms with Gasteiger partial charge in [-0.3, -0.25) is 14.5 Å². The van der Waals surface area contributed by atoms with E-state index in [1.165, 1.54) is 0 Å². The van der Waals surface area contributed by atoms with Gasteiger partial charge in [-0.15, -0.1) is 11.3 Å². The lowest BCUT2D eigenvalue weighted by Gasteiger charge is -2.31. The van der Waals surface area contributed by atoms with E-state index in [0.717, 1.165) is 28.2 Å². The van der Waals surface area contributed by atoms with E-state index in [9.17, 15) is 14.4 Å². The number of nitrogens with zero attached hydrogens (tertiary/aromatic N) is 1. The van der Waals surface area contributed by atoms with Crippen LogP contribution in [0.25, 0.3) is 0 Å². The van der Waals surface area contributed by atoms with Crippen LogP contribution in [0.4, 0.5) is 10.5 Å². The number of hydrogen-bond donors (Lipinski definition) is 2. The summed E-state index contributed by atoms with van der Waals surface area (Å²) >= 11 is 1.60. The number of aryl methyl sites for hydroxylation is 1. The SMILES string of the molecule is CCOc1ccccc1NC(=O)CN1C(=O)N[C@]2(CCCc3sccc32)C1=O. The molecule has 146 valence electrons. The summed E-state index contributed by atoms with van der Waals surface area (Å²) in [4.78, 5) is 40.4. The quantitative estimate of drug-likeness (QED) is 0.757. The van der Waals surface area contributed by atoms with E-state index >= 15 is 0 Å². The van der Waals surface area contributed by atoms with Crippen molar-refractivity contribution in [2.75, 3.05) is 18.5 Å². The molecule has 0 bridgehead atoms. The highest BCUT2D eigenvalue weighted by Crippen LogP contribution is 2.42. The Morgan fingerprint density at radius 1 is 1.32 bits per heavy atom. The minimum Gasteiger partial charge on any atom is -0.492 e. The largest absolute Gasteiger partial charge is 0.492 e. The number of para-hydroxylation sites is 2. The number of hydrogen-bond acceptors (Lipinski definition) is 5. The monoisotopic (exact) mass is 399 g/mol. The van der Waals surface area contributed by atoms with Crippen LogP contribution in [0.5, 0.6) is 5.75 Å². The van der Waals surface area contributed by atoms with Crippen LogP contribution >= 0.6 is 11.3 Å². The Balaban J connectivity index is 1.51. The molecule has 0 unspecified atom stereocenters. The molecule has 2 aliphatic rings. The smallest absolute Gasteiger partial charge is 0.325 e. The van der Waals surface area contributed by atoms with E-state index in [1.54, 1.807) is 29.5 Å². The summed E-state index contributed by atoms with van der Waals surface area (Å²) in [5.74, 6) is -0.263. The second-order valence-electron chi connectivity index (χ2n) is 6.82. The van der Waals surface area contributed by atoms with Gasteiger partial charge in [0.25, 0.3) is 5.91 Å². The number of amides is 4. The van der Waals surface area contributed by atoms with Crippen molar-refractivity contribution in [2.45, 2.75) is 31.7 Å².